The number of carbonyl (C=O) groups excluding carboxylic acids is 2. The number of aromatic amines is 1. The van der Waals surface area contributed by atoms with Crippen molar-refractivity contribution in [3.05, 3.63) is 64.3 Å². The molecule has 150 valence electrons. The standard InChI is InChI=1S/C20H26N4O4/c1-20(2,3)28-19(27)24(14-15-6-4-9-21-12-15)11-5-10-22-18(26)16-7-8-17(25)23-13-16/h4,6-9,12-13H,5,10-11,14H2,1-3H3,(H,22,26)(H,23,25). The van der Waals surface area contributed by atoms with Gasteiger partial charge >= 0.3 is 6.09 Å². The minimum Gasteiger partial charge on any atom is -0.444 e. The number of pyridine rings is 2. The summed E-state index contributed by atoms with van der Waals surface area (Å²) in [6.45, 7) is 6.61. The first kappa shape index (κ1) is 21.1. The summed E-state index contributed by atoms with van der Waals surface area (Å²) in [6, 6.07) is 6.46. The number of hydrogen-bond donors (Lipinski definition) is 2. The van der Waals surface area contributed by atoms with Crippen molar-refractivity contribution in [2.45, 2.75) is 39.3 Å². The van der Waals surface area contributed by atoms with Crippen molar-refractivity contribution in [3.8, 4) is 0 Å². The number of aromatic nitrogens is 2. The minimum atomic E-state index is -0.595. The van der Waals surface area contributed by atoms with Gasteiger partial charge in [0.05, 0.1) is 12.1 Å². The lowest BCUT2D eigenvalue weighted by Gasteiger charge is -2.27. The molecule has 0 aliphatic rings. The van der Waals surface area contributed by atoms with Gasteiger partial charge in [-0.15, -0.1) is 0 Å². The van der Waals surface area contributed by atoms with Gasteiger partial charge in [-0.05, 0) is 44.9 Å². The molecule has 0 bridgehead atoms. The number of amides is 2. The average molecular weight is 386 g/mol. The molecule has 0 saturated heterocycles. The van der Waals surface area contributed by atoms with Crippen molar-refractivity contribution in [1.29, 1.82) is 0 Å². The van der Waals surface area contributed by atoms with Crippen LogP contribution < -0.4 is 10.9 Å². The van der Waals surface area contributed by atoms with E-state index >= 15 is 0 Å². The largest absolute Gasteiger partial charge is 0.444 e. The van der Waals surface area contributed by atoms with Crippen LogP contribution in [0.1, 0.15) is 43.1 Å². The predicted octanol–water partition coefficient (Wildman–Crippen LogP) is 2.33. The van der Waals surface area contributed by atoms with Gasteiger partial charge < -0.3 is 19.9 Å². The molecule has 0 radical (unpaired) electrons. The van der Waals surface area contributed by atoms with Crippen molar-refractivity contribution in [2.75, 3.05) is 13.1 Å². The lowest BCUT2D eigenvalue weighted by atomic mass is 10.2. The molecule has 0 aliphatic heterocycles. The highest BCUT2D eigenvalue weighted by Crippen LogP contribution is 2.12. The second kappa shape index (κ2) is 9.68. The van der Waals surface area contributed by atoms with Gasteiger partial charge in [0.15, 0.2) is 0 Å². The Kier molecular flexibility index (Phi) is 7.31. The molecule has 2 aromatic rings. The Balaban J connectivity index is 1.90. The third kappa shape index (κ3) is 7.22. The van der Waals surface area contributed by atoms with Crippen LogP contribution >= 0.6 is 0 Å². The molecule has 0 atom stereocenters. The summed E-state index contributed by atoms with van der Waals surface area (Å²) in [5.41, 5.74) is 0.410. The zero-order valence-electron chi connectivity index (χ0n) is 16.4. The minimum absolute atomic E-state index is 0.264. The van der Waals surface area contributed by atoms with Crippen LogP contribution in [0.4, 0.5) is 4.79 Å². The topological polar surface area (TPSA) is 104 Å². The fourth-order valence-corrected chi connectivity index (χ4v) is 2.40. The molecule has 0 saturated carbocycles. The van der Waals surface area contributed by atoms with Gasteiger partial charge in [-0.3, -0.25) is 14.6 Å². The Hall–Kier alpha value is -3.16. The summed E-state index contributed by atoms with van der Waals surface area (Å²) in [5, 5.41) is 2.77. The molecule has 0 aromatic carbocycles. The number of nitrogens with one attached hydrogen (secondary N) is 2. The van der Waals surface area contributed by atoms with Crippen LogP contribution in [-0.4, -0.2) is 45.6 Å². The molecule has 2 rings (SSSR count). The van der Waals surface area contributed by atoms with E-state index in [2.05, 4.69) is 15.3 Å². The van der Waals surface area contributed by atoms with Gasteiger partial charge in [0.25, 0.3) is 5.91 Å². The van der Waals surface area contributed by atoms with Gasteiger partial charge in [0.2, 0.25) is 5.56 Å². The molecule has 2 N–H and O–H groups in total. The van der Waals surface area contributed by atoms with Crippen molar-refractivity contribution < 1.29 is 14.3 Å². The van der Waals surface area contributed by atoms with Crippen LogP contribution in [0.3, 0.4) is 0 Å². The first-order valence-corrected chi connectivity index (χ1v) is 9.08. The zero-order valence-corrected chi connectivity index (χ0v) is 16.4. The van der Waals surface area contributed by atoms with Gasteiger partial charge in [-0.1, -0.05) is 6.07 Å². The maximum absolute atomic E-state index is 12.5. The molecule has 0 aliphatic carbocycles. The maximum Gasteiger partial charge on any atom is 0.410 e. The summed E-state index contributed by atoms with van der Waals surface area (Å²) in [6.07, 6.45) is 4.88. The lowest BCUT2D eigenvalue weighted by Crippen LogP contribution is -2.38. The highest BCUT2D eigenvalue weighted by atomic mass is 16.6. The fourth-order valence-electron chi connectivity index (χ4n) is 2.40. The Morgan fingerprint density at radius 3 is 2.64 bits per heavy atom. The summed E-state index contributed by atoms with van der Waals surface area (Å²) in [4.78, 5) is 43.7. The Morgan fingerprint density at radius 2 is 2.04 bits per heavy atom. The molecule has 8 heteroatoms. The van der Waals surface area contributed by atoms with Crippen LogP contribution in [0.2, 0.25) is 0 Å². The van der Waals surface area contributed by atoms with Gasteiger partial charge in [0.1, 0.15) is 5.60 Å². The van der Waals surface area contributed by atoms with Crippen LogP contribution in [0.15, 0.2) is 47.7 Å². The van der Waals surface area contributed by atoms with Crippen molar-refractivity contribution in [3.63, 3.8) is 0 Å². The molecule has 0 spiro atoms. The first-order valence-electron chi connectivity index (χ1n) is 9.08. The Bertz CT molecular complexity index is 823. The van der Waals surface area contributed by atoms with E-state index in [9.17, 15) is 14.4 Å². The normalized spacial score (nSPS) is 11.0. The van der Waals surface area contributed by atoms with Crippen LogP contribution in [-0.2, 0) is 11.3 Å². The zero-order chi connectivity index (χ0) is 20.6. The molecule has 0 unspecified atom stereocenters. The van der Waals surface area contributed by atoms with Crippen LogP contribution in [0, 0.1) is 0 Å². The van der Waals surface area contributed by atoms with E-state index in [0.717, 1.165) is 5.56 Å². The Morgan fingerprint density at radius 1 is 1.25 bits per heavy atom. The van der Waals surface area contributed by atoms with E-state index in [4.69, 9.17) is 4.74 Å². The maximum atomic E-state index is 12.5. The van der Waals surface area contributed by atoms with Gasteiger partial charge in [0, 0.05) is 37.7 Å². The molecular formula is C20H26N4O4. The van der Waals surface area contributed by atoms with Gasteiger partial charge in [-0.2, -0.15) is 0 Å². The van der Waals surface area contributed by atoms with E-state index in [0.29, 0.717) is 31.6 Å². The van der Waals surface area contributed by atoms with E-state index in [-0.39, 0.29) is 11.5 Å². The number of H-pyrrole nitrogens is 1. The Labute approximate surface area is 163 Å². The van der Waals surface area contributed by atoms with E-state index in [1.54, 1.807) is 17.3 Å². The van der Waals surface area contributed by atoms with Crippen LogP contribution in [0.5, 0.6) is 0 Å². The number of rotatable bonds is 7. The highest BCUT2D eigenvalue weighted by Gasteiger charge is 2.22. The molecule has 2 aromatic heterocycles. The monoisotopic (exact) mass is 386 g/mol. The van der Waals surface area contributed by atoms with Crippen molar-refractivity contribution >= 4 is 12.0 Å². The SMILES string of the molecule is CC(C)(C)OC(=O)N(CCCNC(=O)c1ccc(=O)[nH]c1)Cc1cccnc1. The third-order valence-electron chi connectivity index (χ3n) is 3.68. The van der Waals surface area contributed by atoms with E-state index < -0.39 is 11.7 Å². The molecule has 0 fully saturated rings. The predicted molar refractivity (Wildman–Crippen MR) is 105 cm³/mol. The molecule has 8 nitrogen and oxygen atoms in total. The number of hydrogen-bond acceptors (Lipinski definition) is 5. The smallest absolute Gasteiger partial charge is 0.410 e. The van der Waals surface area contributed by atoms with Crippen LogP contribution in [0.25, 0.3) is 0 Å². The summed E-state index contributed by atoms with van der Waals surface area (Å²) in [5.74, 6) is -0.285. The fraction of sp³-hybridized carbons (Fsp3) is 0.400. The molecular weight excluding hydrogens is 360 g/mol. The number of nitrogens with zero attached hydrogens (tertiary/aromatic N) is 2. The number of ether oxygens (including phenoxy) is 1. The van der Waals surface area contributed by atoms with Crippen molar-refractivity contribution in [1.82, 2.24) is 20.2 Å². The van der Waals surface area contributed by atoms with Crippen molar-refractivity contribution in [2.24, 2.45) is 0 Å². The summed E-state index contributed by atoms with van der Waals surface area (Å²) in [7, 11) is 0. The first-order chi connectivity index (χ1) is 13.2. The quantitative estimate of drug-likeness (QED) is 0.711. The third-order valence-corrected chi connectivity index (χ3v) is 3.68. The second-order valence-electron chi connectivity index (χ2n) is 7.31. The van der Waals surface area contributed by atoms with Gasteiger partial charge in [-0.25, -0.2) is 4.79 Å². The number of carbonyl (C=O) groups is 2. The van der Waals surface area contributed by atoms with E-state index in [1.165, 1.54) is 18.3 Å². The second-order valence-corrected chi connectivity index (χ2v) is 7.31. The highest BCUT2D eigenvalue weighted by molar-refractivity contribution is 5.93. The average Bonchev–Trinajstić information content (AvgIpc) is 2.64. The lowest BCUT2D eigenvalue weighted by molar-refractivity contribution is 0.0232. The summed E-state index contributed by atoms with van der Waals surface area (Å²) < 4.78 is 5.48. The van der Waals surface area contributed by atoms with E-state index in [1.807, 2.05) is 32.9 Å². The summed E-state index contributed by atoms with van der Waals surface area (Å²) >= 11 is 0. The molecule has 28 heavy (non-hydrogen) atoms. The molecule has 2 heterocycles. The molecule has 2 amide bonds.